The van der Waals surface area contributed by atoms with E-state index in [2.05, 4.69) is 37.1 Å². The summed E-state index contributed by atoms with van der Waals surface area (Å²) in [5.41, 5.74) is 4.27. The molecule has 92 valence electrons. The van der Waals surface area contributed by atoms with Crippen LogP contribution in [0.2, 0.25) is 0 Å². The Morgan fingerprint density at radius 3 is 2.72 bits per heavy atom. The van der Waals surface area contributed by atoms with Crippen molar-refractivity contribution in [2.75, 3.05) is 0 Å². The third kappa shape index (κ3) is 2.28. The molecule has 0 aliphatic heterocycles. The molecule has 3 nitrogen and oxygen atoms in total. The third-order valence-electron chi connectivity index (χ3n) is 2.99. The lowest BCUT2D eigenvalue weighted by atomic mass is 10.0. The molecule has 0 N–H and O–H groups in total. The maximum atomic E-state index is 8.73. The highest BCUT2D eigenvalue weighted by Crippen LogP contribution is 2.23. The molecule has 0 unspecified atom stereocenters. The molecule has 0 atom stereocenters. The highest BCUT2D eigenvalue weighted by molar-refractivity contribution is 5.43. The average Bonchev–Trinajstić information content (AvgIpc) is 2.70. The van der Waals surface area contributed by atoms with Crippen molar-refractivity contribution in [3.05, 3.63) is 47.3 Å². The van der Waals surface area contributed by atoms with Crippen LogP contribution in [0.3, 0.4) is 0 Å². The first-order valence-corrected chi connectivity index (χ1v) is 6.15. The van der Waals surface area contributed by atoms with Crippen LogP contribution in [0.5, 0.6) is 0 Å². The highest BCUT2D eigenvalue weighted by atomic mass is 15.3. The molecule has 0 amide bonds. The van der Waals surface area contributed by atoms with Crippen molar-refractivity contribution in [3.8, 4) is 11.8 Å². The van der Waals surface area contributed by atoms with E-state index in [0.29, 0.717) is 12.3 Å². The zero-order chi connectivity index (χ0) is 13.1. The number of nitrogens with zero attached hydrogens (tertiary/aromatic N) is 3. The van der Waals surface area contributed by atoms with Gasteiger partial charge in [-0.15, -0.1) is 0 Å². The second-order valence-electron chi connectivity index (χ2n) is 4.74. The van der Waals surface area contributed by atoms with E-state index in [1.165, 1.54) is 5.56 Å². The molecule has 2 aromatic rings. The quantitative estimate of drug-likeness (QED) is 0.824. The summed E-state index contributed by atoms with van der Waals surface area (Å²) in [6.45, 7) is 6.37. The van der Waals surface area contributed by atoms with Gasteiger partial charge in [0.2, 0.25) is 0 Å². The number of hydrogen-bond donors (Lipinski definition) is 0. The van der Waals surface area contributed by atoms with Crippen LogP contribution < -0.4 is 0 Å². The summed E-state index contributed by atoms with van der Waals surface area (Å²) < 4.78 is 1.93. The normalized spacial score (nSPS) is 10.6. The van der Waals surface area contributed by atoms with Gasteiger partial charge in [0.1, 0.15) is 0 Å². The van der Waals surface area contributed by atoms with Gasteiger partial charge in [-0.25, -0.2) is 4.68 Å². The topological polar surface area (TPSA) is 41.6 Å². The summed E-state index contributed by atoms with van der Waals surface area (Å²) in [5, 5.41) is 13.2. The minimum Gasteiger partial charge on any atom is -0.238 e. The van der Waals surface area contributed by atoms with Crippen molar-refractivity contribution in [2.45, 2.75) is 33.1 Å². The molecule has 18 heavy (non-hydrogen) atoms. The van der Waals surface area contributed by atoms with E-state index in [4.69, 9.17) is 5.26 Å². The number of aryl methyl sites for hydroxylation is 1. The van der Waals surface area contributed by atoms with Gasteiger partial charge >= 0.3 is 0 Å². The molecular formula is C15H17N3. The zero-order valence-electron chi connectivity index (χ0n) is 11.0. The van der Waals surface area contributed by atoms with Crippen LogP contribution in [0.25, 0.3) is 5.69 Å². The predicted octanol–water partition coefficient (Wildman–Crippen LogP) is 3.37. The van der Waals surface area contributed by atoms with Crippen molar-refractivity contribution in [3.63, 3.8) is 0 Å². The summed E-state index contributed by atoms with van der Waals surface area (Å²) in [5.74, 6) is 0.448. The second-order valence-corrected chi connectivity index (χ2v) is 4.74. The van der Waals surface area contributed by atoms with Gasteiger partial charge in [-0.05, 0) is 30.5 Å². The molecule has 0 saturated heterocycles. The van der Waals surface area contributed by atoms with Crippen LogP contribution in [0.15, 0.2) is 30.3 Å². The van der Waals surface area contributed by atoms with Crippen molar-refractivity contribution in [1.29, 1.82) is 5.26 Å². The number of hydrogen-bond acceptors (Lipinski definition) is 2. The largest absolute Gasteiger partial charge is 0.238 e. The van der Waals surface area contributed by atoms with E-state index < -0.39 is 0 Å². The van der Waals surface area contributed by atoms with E-state index in [0.717, 1.165) is 17.1 Å². The van der Waals surface area contributed by atoms with Crippen LogP contribution in [0, 0.1) is 18.3 Å². The molecule has 0 radical (unpaired) electrons. The summed E-state index contributed by atoms with van der Waals surface area (Å²) in [6.07, 6.45) is 0.359. The van der Waals surface area contributed by atoms with E-state index in [1.54, 1.807) is 0 Å². The smallest absolute Gasteiger partial charge is 0.0793 e. The Balaban J connectivity index is 2.52. The van der Waals surface area contributed by atoms with Gasteiger partial charge < -0.3 is 0 Å². The number of aromatic nitrogens is 2. The Morgan fingerprint density at radius 2 is 2.06 bits per heavy atom. The van der Waals surface area contributed by atoms with Gasteiger partial charge in [0, 0.05) is 5.69 Å². The van der Waals surface area contributed by atoms with Crippen molar-refractivity contribution in [2.24, 2.45) is 0 Å². The molecule has 1 aromatic carbocycles. The van der Waals surface area contributed by atoms with Crippen LogP contribution in [-0.2, 0) is 6.42 Å². The third-order valence-corrected chi connectivity index (χ3v) is 2.99. The standard InChI is InChI=1S/C15H17N3/c1-11(2)14-6-4-5-7-15(14)18-12(3)10-13(17-18)8-9-16/h4-7,10-11H,8H2,1-3H3. The number of rotatable bonds is 3. The monoisotopic (exact) mass is 239 g/mol. The molecule has 1 heterocycles. The Kier molecular flexibility index (Phi) is 3.47. The van der Waals surface area contributed by atoms with Gasteiger partial charge in [-0.2, -0.15) is 10.4 Å². The minimum absolute atomic E-state index is 0.359. The van der Waals surface area contributed by atoms with E-state index in [9.17, 15) is 0 Å². The number of benzene rings is 1. The number of para-hydroxylation sites is 1. The fraction of sp³-hybridized carbons (Fsp3) is 0.333. The molecule has 0 aliphatic rings. The first kappa shape index (κ1) is 12.4. The first-order valence-electron chi connectivity index (χ1n) is 6.15. The minimum atomic E-state index is 0.359. The molecular weight excluding hydrogens is 222 g/mol. The van der Waals surface area contributed by atoms with Gasteiger partial charge in [-0.1, -0.05) is 32.0 Å². The maximum absolute atomic E-state index is 8.73. The van der Waals surface area contributed by atoms with Gasteiger partial charge in [0.15, 0.2) is 0 Å². The summed E-state index contributed by atoms with van der Waals surface area (Å²) in [6, 6.07) is 12.4. The molecule has 0 spiro atoms. The summed E-state index contributed by atoms with van der Waals surface area (Å²) >= 11 is 0. The van der Waals surface area contributed by atoms with Gasteiger partial charge in [-0.3, -0.25) is 0 Å². The SMILES string of the molecule is Cc1cc(CC#N)nn1-c1ccccc1C(C)C. The average molecular weight is 239 g/mol. The number of nitriles is 1. The van der Waals surface area contributed by atoms with E-state index >= 15 is 0 Å². The lowest BCUT2D eigenvalue weighted by molar-refractivity contribution is 0.783. The van der Waals surface area contributed by atoms with Crippen molar-refractivity contribution in [1.82, 2.24) is 9.78 Å². The van der Waals surface area contributed by atoms with Crippen LogP contribution >= 0.6 is 0 Å². The Bertz CT molecular complexity index is 588. The summed E-state index contributed by atoms with van der Waals surface area (Å²) in [7, 11) is 0. The van der Waals surface area contributed by atoms with Crippen molar-refractivity contribution < 1.29 is 0 Å². The van der Waals surface area contributed by atoms with Crippen LogP contribution in [0.4, 0.5) is 0 Å². The van der Waals surface area contributed by atoms with E-state index in [1.807, 2.05) is 29.8 Å². The Hall–Kier alpha value is -2.08. The lowest BCUT2D eigenvalue weighted by Gasteiger charge is -2.13. The van der Waals surface area contributed by atoms with Crippen LogP contribution in [0.1, 0.15) is 36.7 Å². The molecule has 2 rings (SSSR count). The predicted molar refractivity (Wildman–Crippen MR) is 71.7 cm³/mol. The fourth-order valence-corrected chi connectivity index (χ4v) is 2.12. The highest BCUT2D eigenvalue weighted by Gasteiger charge is 2.11. The lowest BCUT2D eigenvalue weighted by Crippen LogP contribution is -2.04. The Morgan fingerprint density at radius 1 is 1.33 bits per heavy atom. The molecule has 1 aromatic heterocycles. The zero-order valence-corrected chi connectivity index (χ0v) is 11.0. The van der Waals surface area contributed by atoms with Crippen molar-refractivity contribution >= 4 is 0 Å². The summed E-state index contributed by atoms with van der Waals surface area (Å²) in [4.78, 5) is 0. The van der Waals surface area contributed by atoms with E-state index in [-0.39, 0.29) is 0 Å². The molecule has 0 fully saturated rings. The second kappa shape index (κ2) is 5.05. The first-order chi connectivity index (χ1) is 8.63. The van der Waals surface area contributed by atoms with Crippen LogP contribution in [-0.4, -0.2) is 9.78 Å². The Labute approximate surface area is 108 Å². The molecule has 0 bridgehead atoms. The fourth-order valence-electron chi connectivity index (χ4n) is 2.12. The molecule has 0 saturated carbocycles. The molecule has 0 aliphatic carbocycles. The van der Waals surface area contributed by atoms with Gasteiger partial charge in [0.25, 0.3) is 0 Å². The maximum Gasteiger partial charge on any atom is 0.0793 e. The van der Waals surface area contributed by atoms with Gasteiger partial charge in [0.05, 0.1) is 23.9 Å². The molecule has 3 heteroatoms.